The van der Waals surface area contributed by atoms with Crippen molar-refractivity contribution in [3.05, 3.63) is 167 Å². The highest BCUT2D eigenvalue weighted by Crippen LogP contribution is 2.30. The number of nitrogens with one attached hydrogen (secondary N) is 5. The predicted octanol–water partition coefficient (Wildman–Crippen LogP) is 8.06. The number of halogens is 6. The average molecular weight is 1480 g/mol. The number of alkyl halides is 4. The Bertz CT molecular complexity index is 3870. The summed E-state index contributed by atoms with van der Waals surface area (Å²) in [5, 5.41) is 31.3. The van der Waals surface area contributed by atoms with Crippen LogP contribution in [0.25, 0.3) is 0 Å². The second-order valence-corrected chi connectivity index (χ2v) is 20.7. The zero-order chi connectivity index (χ0) is 77.3. The van der Waals surface area contributed by atoms with Gasteiger partial charge >= 0.3 is 27.6 Å². The first-order valence-corrected chi connectivity index (χ1v) is 31.2. The Morgan fingerprint density at radius 2 is 1.11 bits per heavy atom. The number of amides is 1. The molecule has 2 aromatic heterocycles. The molecule has 0 bridgehead atoms. The zero-order valence-electron chi connectivity index (χ0n) is 56.8. The molecule has 0 unspecified atom stereocenters. The van der Waals surface area contributed by atoms with Crippen molar-refractivity contribution >= 4 is 74.1 Å². The zero-order valence-corrected chi connectivity index (χ0v) is 57.7. The number of carbonyl (C=O) groups excluding carboxylic acids is 3. The number of nitriles is 1. The fourth-order valence-corrected chi connectivity index (χ4v) is 7.04. The number of aromatic amines is 1. The molecule has 7 aromatic rings. The second kappa shape index (κ2) is 49.8. The number of amidine groups is 1. The predicted molar refractivity (Wildman–Crippen MR) is 368 cm³/mol. The van der Waals surface area contributed by atoms with Crippen LogP contribution >= 0.6 is 0 Å². The highest BCUT2D eigenvalue weighted by molar-refractivity contribution is 7.88. The van der Waals surface area contributed by atoms with Crippen molar-refractivity contribution in [3.63, 3.8) is 0 Å². The van der Waals surface area contributed by atoms with E-state index < -0.39 is 68.4 Å². The van der Waals surface area contributed by atoms with Crippen LogP contribution in [0.15, 0.2) is 139 Å². The van der Waals surface area contributed by atoms with Crippen molar-refractivity contribution in [1.82, 2.24) is 19.9 Å². The van der Waals surface area contributed by atoms with Gasteiger partial charge in [-0.2, -0.15) is 45.6 Å². The lowest BCUT2D eigenvalue weighted by atomic mass is 10.1. The van der Waals surface area contributed by atoms with Crippen LogP contribution in [0.1, 0.15) is 25.1 Å². The first-order chi connectivity index (χ1) is 48.9. The molecule has 0 aliphatic rings. The maximum atomic E-state index is 13.9. The van der Waals surface area contributed by atoms with E-state index in [0.717, 1.165) is 29.7 Å². The van der Waals surface area contributed by atoms with E-state index in [0.29, 0.717) is 93.5 Å². The monoisotopic (exact) mass is 1480 g/mol. The third-order valence-electron chi connectivity index (χ3n) is 11.3. The van der Waals surface area contributed by atoms with E-state index in [-0.39, 0.29) is 36.9 Å². The normalized spacial score (nSPS) is 10.2. The topological polar surface area (TPSA) is 466 Å². The van der Waals surface area contributed by atoms with E-state index >= 15 is 0 Å². The molecule has 0 aliphatic carbocycles. The van der Waals surface area contributed by atoms with Gasteiger partial charge in [0, 0.05) is 63.3 Å². The second-order valence-electron chi connectivity index (χ2n) is 19.2. The number of nitrogen functional groups attached to an aromatic ring is 2. The minimum absolute atomic E-state index is 0.0403. The lowest BCUT2D eigenvalue weighted by molar-refractivity contribution is -0.162. The summed E-state index contributed by atoms with van der Waals surface area (Å²) < 4.78 is 152. The SMILES string of the molecule is C=CC(=O)Nc1cccc(N)c1.CCOC(=O)C(F)C(=O)OCC.COCCOc1ccc(CC(=N)N)cc1.COCCOc1ccc(N)cc1.COCCOc1ccc(Nc2nc(C)c(F)c(OS(=O)(=O)C(F)(F)F)n2)cc1.COCCOc1ccc(Nc2nc(O)c(F)c(=O)[nH]2)cc1.N#CN. The molecule has 0 atom stereocenters. The Morgan fingerprint density at radius 3 is 1.50 bits per heavy atom. The summed E-state index contributed by atoms with van der Waals surface area (Å²) in [7, 11) is 0.315. The van der Waals surface area contributed by atoms with Crippen LogP contribution in [0.3, 0.4) is 0 Å². The van der Waals surface area contributed by atoms with E-state index in [4.69, 9.17) is 70.9 Å². The third kappa shape index (κ3) is 37.9. The number of aryl methyl sites for hydroxylation is 1. The van der Waals surface area contributed by atoms with Crippen LogP contribution in [0.4, 0.5) is 66.7 Å². The molecule has 0 fully saturated rings. The molecule has 0 radical (unpaired) electrons. The number of methoxy groups -OCH3 is 4. The smallest absolute Gasteiger partial charge is 0.491 e. The Kier molecular flexibility index (Phi) is 43.2. The molecule has 2 heterocycles. The number of hydrogen-bond donors (Lipinski definition) is 10. The van der Waals surface area contributed by atoms with Gasteiger partial charge in [0.2, 0.25) is 29.4 Å². The van der Waals surface area contributed by atoms with E-state index in [2.05, 4.69) is 61.9 Å². The fraction of sp³-hybridized carbons (Fsp3) is 0.308. The van der Waals surface area contributed by atoms with Gasteiger partial charge < -0.3 is 95.5 Å². The molecule has 14 N–H and O–H groups in total. The maximum Gasteiger partial charge on any atom is 0.534 e. The summed E-state index contributed by atoms with van der Waals surface area (Å²) in [6, 6.07) is 34.8. The number of hydrogen-bond acceptors (Lipinski definition) is 28. The molecule has 7 rings (SSSR count). The van der Waals surface area contributed by atoms with Gasteiger partial charge in [-0.1, -0.05) is 24.8 Å². The van der Waals surface area contributed by atoms with Gasteiger partial charge in [-0.15, -0.1) is 0 Å². The summed E-state index contributed by atoms with van der Waals surface area (Å²) in [6.45, 7) is 11.5. The molecule has 0 saturated carbocycles. The summed E-state index contributed by atoms with van der Waals surface area (Å²) in [5.74, 6) is -5.15. The molecule has 0 aliphatic heterocycles. The Labute approximate surface area is 588 Å². The highest BCUT2D eigenvalue weighted by Gasteiger charge is 2.49. The number of benzene rings is 5. The van der Waals surface area contributed by atoms with Gasteiger partial charge in [-0.3, -0.25) is 20.0 Å². The number of carbonyl (C=O) groups is 3. The molecule has 103 heavy (non-hydrogen) atoms. The van der Waals surface area contributed by atoms with Crippen LogP contribution in [0.2, 0.25) is 0 Å². The van der Waals surface area contributed by atoms with Crippen LogP contribution < -0.4 is 67.6 Å². The minimum atomic E-state index is -6.08. The van der Waals surface area contributed by atoms with Crippen molar-refractivity contribution in [3.8, 4) is 41.0 Å². The fourth-order valence-electron chi connectivity index (χ4n) is 6.63. The Morgan fingerprint density at radius 1 is 0.680 bits per heavy atom. The van der Waals surface area contributed by atoms with Crippen molar-refractivity contribution in [1.29, 1.82) is 10.7 Å². The number of H-pyrrole nitrogens is 1. The van der Waals surface area contributed by atoms with E-state index in [1.54, 1.807) is 82.0 Å². The Hall–Kier alpha value is -11.7. The van der Waals surface area contributed by atoms with Gasteiger partial charge in [-0.25, -0.2) is 19.0 Å². The number of nitrogens with two attached hydrogens (primary N) is 4. The van der Waals surface area contributed by atoms with Crippen LogP contribution in [-0.2, 0) is 59.3 Å². The largest absolute Gasteiger partial charge is 0.534 e. The summed E-state index contributed by atoms with van der Waals surface area (Å²) >= 11 is 0. The first kappa shape index (κ1) is 89.4. The van der Waals surface area contributed by atoms with Gasteiger partial charge in [0.05, 0.1) is 51.2 Å². The molecule has 38 heteroatoms. The van der Waals surface area contributed by atoms with Crippen LogP contribution in [-0.4, -0.2) is 163 Å². The highest BCUT2D eigenvalue weighted by atomic mass is 32.2. The first-order valence-electron chi connectivity index (χ1n) is 29.8. The van der Waals surface area contributed by atoms with Gasteiger partial charge in [0.15, 0.2) is 6.19 Å². The van der Waals surface area contributed by atoms with E-state index in [1.807, 2.05) is 48.5 Å². The summed E-state index contributed by atoms with van der Waals surface area (Å²) in [4.78, 5) is 55.8. The number of ether oxygens (including phenoxy) is 10. The Balaban J connectivity index is 0.000000633. The summed E-state index contributed by atoms with van der Waals surface area (Å²) in [6.07, 6.45) is 0.631. The molecule has 0 saturated heterocycles. The molecular weight excluding hydrogens is 1400 g/mol. The molecule has 0 spiro atoms. The average Bonchev–Trinajstić information content (AvgIpc) is 0.804. The molecular formula is C65H81F6N13O18S. The van der Waals surface area contributed by atoms with Gasteiger partial charge in [-0.05, 0) is 136 Å². The maximum absolute atomic E-state index is 13.9. The molecule has 1 amide bonds. The van der Waals surface area contributed by atoms with Crippen LogP contribution in [0, 0.1) is 35.4 Å². The minimum Gasteiger partial charge on any atom is -0.491 e. The number of esters is 2. The molecule has 562 valence electrons. The van der Waals surface area contributed by atoms with Crippen molar-refractivity contribution in [2.45, 2.75) is 38.9 Å². The summed E-state index contributed by atoms with van der Waals surface area (Å²) in [5.41, 5.74) is 17.3. The van der Waals surface area contributed by atoms with Crippen molar-refractivity contribution < 1.29 is 106 Å². The van der Waals surface area contributed by atoms with Gasteiger partial charge in [0.1, 0.15) is 49.4 Å². The number of nitrogens with zero attached hydrogens (tertiary/aromatic N) is 4. The van der Waals surface area contributed by atoms with Crippen molar-refractivity contribution in [2.24, 2.45) is 11.5 Å². The van der Waals surface area contributed by atoms with E-state index in [9.17, 15) is 53.9 Å². The quantitative estimate of drug-likeness (QED) is 0.00165. The standard InChI is InChI=1S/C15H15F4N3O5S.C13H14FN3O4.C11H16N2O2.C9H10N2O.C9H13NO2.C7H11FO4.CH2N2/c1-9-12(16)13(27-28(23,24)15(17,18)19)22-14(20-9)21-10-3-5-11(6-4-10)26-8-7-25-2;1-20-6-7-21-9-4-2-8(3-5-9)15-13-16-11(18)10(14)12(19)17-13;1-14-6-7-15-10-4-2-9(3-5-10)8-11(12)13;1-2-9(12)11-8-5-3-4-7(10)6-8;1-11-6-7-12-9-4-2-8(10)3-5-9;1-3-11-6(9)5(8)7(10)12-4-2;2-1-3/h3-6H,7-8H2,1-2H3,(H,20,21,22);2-5H,6-7H2,1H3,(H3,15,16,17,18,19);2-5H,6-8H2,1H3,(H3,12,13);2-6H,1,10H2,(H,11,12);2-5H,6-7,10H2,1H3;5H,3-4H2,1-2H3;2H2. The van der Waals surface area contributed by atoms with Gasteiger partial charge in [0.25, 0.3) is 23.5 Å². The molecule has 31 nitrogen and oxygen atoms in total. The third-order valence-corrected chi connectivity index (χ3v) is 12.2. The van der Waals surface area contributed by atoms with E-state index in [1.165, 1.54) is 45.4 Å². The molecule has 5 aromatic carbocycles. The number of aromatic hydroxyl groups is 1. The number of aromatic nitrogens is 4. The van der Waals surface area contributed by atoms with Crippen molar-refractivity contribution in [2.75, 3.05) is 122 Å². The number of anilines is 7. The lowest BCUT2D eigenvalue weighted by Crippen LogP contribution is -2.29. The van der Waals surface area contributed by atoms with Crippen LogP contribution in [0.5, 0.6) is 34.8 Å². The number of rotatable bonds is 30. The lowest BCUT2D eigenvalue weighted by Gasteiger charge is -2.12.